The Kier molecular flexibility index (Phi) is 5.45. The van der Waals surface area contributed by atoms with Crippen molar-refractivity contribution < 1.29 is 0 Å². The highest BCUT2D eigenvalue weighted by atomic mass is 79.9. The van der Waals surface area contributed by atoms with E-state index in [-0.39, 0.29) is 5.56 Å². The zero-order valence-electron chi connectivity index (χ0n) is 16.2. The molecule has 4 aromatic rings. The van der Waals surface area contributed by atoms with Crippen LogP contribution in [0.2, 0.25) is 0 Å². The van der Waals surface area contributed by atoms with E-state index in [0.29, 0.717) is 29.7 Å². The van der Waals surface area contributed by atoms with Gasteiger partial charge in [0.25, 0.3) is 5.56 Å². The van der Waals surface area contributed by atoms with Crippen LogP contribution >= 0.6 is 15.9 Å². The molecule has 0 saturated carbocycles. The summed E-state index contributed by atoms with van der Waals surface area (Å²) in [6.45, 7) is 6.61. The number of aromatic nitrogens is 3. The summed E-state index contributed by atoms with van der Waals surface area (Å²) in [5, 5.41) is 6.19. The fourth-order valence-corrected chi connectivity index (χ4v) is 3.85. The second-order valence-electron chi connectivity index (χ2n) is 6.84. The molecule has 4 rings (SSSR count). The number of rotatable bonds is 6. The molecule has 2 aromatic heterocycles. The third-order valence-electron chi connectivity index (χ3n) is 4.81. The molecule has 0 aliphatic carbocycles. The maximum Gasteiger partial charge on any atom is 0.282 e. The first-order chi connectivity index (χ1) is 14.1. The Hall–Kier alpha value is -2.99. The van der Waals surface area contributed by atoms with Crippen molar-refractivity contribution in [2.75, 3.05) is 0 Å². The van der Waals surface area contributed by atoms with Gasteiger partial charge in [-0.15, -0.1) is 6.58 Å². The van der Waals surface area contributed by atoms with Gasteiger partial charge in [0, 0.05) is 40.1 Å². The molecule has 0 saturated heterocycles. The lowest BCUT2D eigenvalue weighted by molar-refractivity contribution is 0.704. The molecule has 2 heterocycles. The predicted octanol–water partition coefficient (Wildman–Crippen LogP) is 5.13. The number of allylic oxidation sites excluding steroid dienone is 1. The first kappa shape index (κ1) is 19.3. The SMILES string of the molecule is C=CCn1cc(C=Nn2c(CCC)nc3ccc(Br)cc3c2=O)c2ccccc21. The van der Waals surface area contributed by atoms with E-state index < -0.39 is 0 Å². The molecule has 0 radical (unpaired) electrons. The Balaban J connectivity index is 1.87. The van der Waals surface area contributed by atoms with E-state index in [1.54, 1.807) is 12.3 Å². The summed E-state index contributed by atoms with van der Waals surface area (Å²) < 4.78 is 4.39. The van der Waals surface area contributed by atoms with Crippen molar-refractivity contribution in [3.8, 4) is 0 Å². The summed E-state index contributed by atoms with van der Waals surface area (Å²) >= 11 is 3.44. The van der Waals surface area contributed by atoms with E-state index in [2.05, 4.69) is 56.2 Å². The van der Waals surface area contributed by atoms with Gasteiger partial charge in [0.2, 0.25) is 0 Å². The van der Waals surface area contributed by atoms with Gasteiger partial charge in [-0.3, -0.25) is 4.79 Å². The number of aryl methyl sites for hydroxylation is 1. The van der Waals surface area contributed by atoms with Crippen LogP contribution < -0.4 is 5.56 Å². The summed E-state index contributed by atoms with van der Waals surface area (Å²) in [6, 6.07) is 13.7. The first-order valence-electron chi connectivity index (χ1n) is 9.56. The Labute approximate surface area is 177 Å². The normalized spacial score (nSPS) is 11.7. The van der Waals surface area contributed by atoms with Crippen LogP contribution in [0, 0.1) is 0 Å². The molecule has 0 aliphatic heterocycles. The fourth-order valence-electron chi connectivity index (χ4n) is 3.49. The molecule has 0 spiro atoms. The lowest BCUT2D eigenvalue weighted by atomic mass is 10.2. The molecule has 0 atom stereocenters. The highest BCUT2D eigenvalue weighted by Gasteiger charge is 2.11. The largest absolute Gasteiger partial charge is 0.343 e. The number of hydrogen-bond acceptors (Lipinski definition) is 3. The number of benzene rings is 2. The van der Waals surface area contributed by atoms with Gasteiger partial charge in [-0.1, -0.05) is 47.1 Å². The van der Waals surface area contributed by atoms with Gasteiger partial charge in [0.1, 0.15) is 5.82 Å². The van der Waals surface area contributed by atoms with Crippen molar-refractivity contribution in [3.63, 3.8) is 0 Å². The average molecular weight is 449 g/mol. The van der Waals surface area contributed by atoms with Gasteiger partial charge in [0.15, 0.2) is 0 Å². The number of para-hydroxylation sites is 1. The lowest BCUT2D eigenvalue weighted by Gasteiger charge is -2.08. The van der Waals surface area contributed by atoms with Crippen molar-refractivity contribution >= 4 is 44.0 Å². The molecule has 0 unspecified atom stereocenters. The fraction of sp³-hybridized carbons (Fsp3) is 0.174. The molecule has 0 bridgehead atoms. The summed E-state index contributed by atoms with van der Waals surface area (Å²) in [5.74, 6) is 0.665. The van der Waals surface area contributed by atoms with Gasteiger partial charge in [-0.25, -0.2) is 4.98 Å². The molecule has 0 N–H and O–H groups in total. The molecule has 0 fully saturated rings. The van der Waals surface area contributed by atoms with Crippen LogP contribution in [0.3, 0.4) is 0 Å². The number of fused-ring (bicyclic) bond motifs is 2. The van der Waals surface area contributed by atoms with E-state index in [1.807, 2.05) is 36.5 Å². The molecule has 29 heavy (non-hydrogen) atoms. The summed E-state index contributed by atoms with van der Waals surface area (Å²) in [6.07, 6.45) is 7.20. The van der Waals surface area contributed by atoms with Gasteiger partial charge in [0.05, 0.1) is 17.1 Å². The lowest BCUT2D eigenvalue weighted by Crippen LogP contribution is -2.22. The molecular weight excluding hydrogens is 428 g/mol. The summed E-state index contributed by atoms with van der Waals surface area (Å²) in [7, 11) is 0. The molecular formula is C23H21BrN4O. The Morgan fingerprint density at radius 1 is 1.21 bits per heavy atom. The van der Waals surface area contributed by atoms with Gasteiger partial charge < -0.3 is 4.57 Å². The number of hydrogen-bond donors (Lipinski definition) is 0. The average Bonchev–Trinajstić information content (AvgIpc) is 3.07. The summed E-state index contributed by atoms with van der Waals surface area (Å²) in [4.78, 5) is 17.8. The van der Waals surface area contributed by atoms with Crippen LogP contribution in [0.25, 0.3) is 21.8 Å². The predicted molar refractivity (Wildman–Crippen MR) is 123 cm³/mol. The monoisotopic (exact) mass is 448 g/mol. The van der Waals surface area contributed by atoms with Crippen molar-refractivity contribution in [3.05, 3.63) is 87.5 Å². The Bertz CT molecular complexity index is 1300. The molecule has 146 valence electrons. The van der Waals surface area contributed by atoms with E-state index in [0.717, 1.165) is 27.4 Å². The van der Waals surface area contributed by atoms with E-state index in [9.17, 15) is 4.79 Å². The third kappa shape index (κ3) is 3.68. The standard InChI is InChI=1S/C23H21BrN4O/c1-3-7-22-26-20-11-10-17(24)13-19(20)23(29)28(22)25-14-16-15-27(12-4-2)21-9-6-5-8-18(16)21/h4-6,8-11,13-15H,2-3,7,12H2,1H3. The summed E-state index contributed by atoms with van der Waals surface area (Å²) in [5.41, 5.74) is 2.59. The van der Waals surface area contributed by atoms with Crippen LogP contribution in [-0.2, 0) is 13.0 Å². The molecule has 6 heteroatoms. The van der Waals surface area contributed by atoms with Gasteiger partial charge in [-0.2, -0.15) is 9.78 Å². The van der Waals surface area contributed by atoms with Crippen molar-refractivity contribution in [1.82, 2.24) is 14.2 Å². The molecule has 0 aliphatic rings. The van der Waals surface area contributed by atoms with Gasteiger partial charge >= 0.3 is 0 Å². The highest BCUT2D eigenvalue weighted by molar-refractivity contribution is 9.10. The quantitative estimate of drug-likeness (QED) is 0.303. The maximum absolute atomic E-state index is 13.1. The van der Waals surface area contributed by atoms with Crippen molar-refractivity contribution in [1.29, 1.82) is 0 Å². The second-order valence-corrected chi connectivity index (χ2v) is 7.76. The molecule has 0 amide bonds. The zero-order chi connectivity index (χ0) is 20.4. The molecule has 2 aromatic carbocycles. The van der Waals surface area contributed by atoms with Crippen LogP contribution in [0.1, 0.15) is 24.7 Å². The van der Waals surface area contributed by atoms with Crippen LogP contribution in [0.4, 0.5) is 0 Å². The van der Waals surface area contributed by atoms with Crippen LogP contribution in [-0.4, -0.2) is 20.4 Å². The number of halogens is 1. The smallest absolute Gasteiger partial charge is 0.282 e. The van der Waals surface area contributed by atoms with Crippen LogP contribution in [0.15, 0.2) is 75.7 Å². The van der Waals surface area contributed by atoms with Crippen molar-refractivity contribution in [2.45, 2.75) is 26.3 Å². The Morgan fingerprint density at radius 3 is 2.83 bits per heavy atom. The van der Waals surface area contributed by atoms with E-state index >= 15 is 0 Å². The minimum absolute atomic E-state index is 0.161. The van der Waals surface area contributed by atoms with Crippen molar-refractivity contribution in [2.24, 2.45) is 5.10 Å². The topological polar surface area (TPSA) is 52.2 Å². The van der Waals surface area contributed by atoms with E-state index in [4.69, 9.17) is 0 Å². The zero-order valence-corrected chi connectivity index (χ0v) is 17.8. The minimum atomic E-state index is -0.161. The third-order valence-corrected chi connectivity index (χ3v) is 5.30. The van der Waals surface area contributed by atoms with E-state index in [1.165, 1.54) is 4.68 Å². The maximum atomic E-state index is 13.1. The van der Waals surface area contributed by atoms with Gasteiger partial charge in [-0.05, 0) is 30.7 Å². The highest BCUT2D eigenvalue weighted by Crippen LogP contribution is 2.20. The Morgan fingerprint density at radius 2 is 2.03 bits per heavy atom. The second kappa shape index (κ2) is 8.17. The first-order valence-corrected chi connectivity index (χ1v) is 10.4. The number of nitrogens with zero attached hydrogens (tertiary/aromatic N) is 4. The molecule has 5 nitrogen and oxygen atoms in total. The minimum Gasteiger partial charge on any atom is -0.343 e. The van der Waals surface area contributed by atoms with Crippen LogP contribution in [0.5, 0.6) is 0 Å².